The molecule has 0 aromatic rings. The van der Waals surface area contributed by atoms with Crippen molar-refractivity contribution in [2.24, 2.45) is 5.41 Å². The molecule has 1 aliphatic carbocycles. The predicted molar refractivity (Wildman–Crippen MR) is 46.7 cm³/mol. The number of likely N-dealkylation sites (tertiary alicyclic amines) is 1. The summed E-state index contributed by atoms with van der Waals surface area (Å²) in [5.41, 5.74) is 0.838. The standard InChI is InChI=1S/C7H12IN/c8-6-9-4-3-7(5-9)1-2-7/h1-6H2. The van der Waals surface area contributed by atoms with Crippen LogP contribution in [0.25, 0.3) is 0 Å². The van der Waals surface area contributed by atoms with Crippen molar-refractivity contribution in [1.29, 1.82) is 0 Å². The van der Waals surface area contributed by atoms with Crippen LogP contribution in [0, 0.1) is 5.41 Å². The van der Waals surface area contributed by atoms with Gasteiger partial charge in [0.1, 0.15) is 0 Å². The van der Waals surface area contributed by atoms with Crippen molar-refractivity contribution < 1.29 is 0 Å². The van der Waals surface area contributed by atoms with Crippen LogP contribution in [0.2, 0.25) is 0 Å². The van der Waals surface area contributed by atoms with E-state index in [9.17, 15) is 0 Å². The Morgan fingerprint density at radius 1 is 1.33 bits per heavy atom. The highest BCUT2D eigenvalue weighted by molar-refractivity contribution is 14.1. The lowest BCUT2D eigenvalue weighted by atomic mass is 10.1. The van der Waals surface area contributed by atoms with E-state index < -0.39 is 0 Å². The third-order valence-electron chi connectivity index (χ3n) is 2.64. The summed E-state index contributed by atoms with van der Waals surface area (Å²) in [5.74, 6) is 0. The number of hydrogen-bond donors (Lipinski definition) is 0. The largest absolute Gasteiger partial charge is 0.294 e. The average molecular weight is 237 g/mol. The van der Waals surface area contributed by atoms with Gasteiger partial charge < -0.3 is 0 Å². The first-order valence-corrected chi connectivity index (χ1v) is 5.16. The molecule has 2 aliphatic rings. The molecule has 0 N–H and O–H groups in total. The Balaban J connectivity index is 1.93. The number of halogens is 1. The summed E-state index contributed by atoms with van der Waals surface area (Å²) in [6, 6.07) is 0. The summed E-state index contributed by atoms with van der Waals surface area (Å²) in [5, 5.41) is 0. The Morgan fingerprint density at radius 2 is 2.11 bits per heavy atom. The molecule has 0 amide bonds. The van der Waals surface area contributed by atoms with Crippen LogP contribution in [0.3, 0.4) is 0 Å². The number of nitrogens with zero attached hydrogens (tertiary/aromatic N) is 1. The monoisotopic (exact) mass is 237 g/mol. The second kappa shape index (κ2) is 2.09. The summed E-state index contributed by atoms with van der Waals surface area (Å²) in [7, 11) is 0. The van der Waals surface area contributed by atoms with Gasteiger partial charge in [-0.2, -0.15) is 0 Å². The van der Waals surface area contributed by atoms with Gasteiger partial charge in [0, 0.05) is 6.54 Å². The molecule has 1 saturated heterocycles. The minimum Gasteiger partial charge on any atom is -0.294 e. The average Bonchev–Trinajstić information content (AvgIpc) is 2.44. The highest BCUT2D eigenvalue weighted by atomic mass is 127. The van der Waals surface area contributed by atoms with Crippen molar-refractivity contribution in [2.75, 3.05) is 17.6 Å². The fourth-order valence-electron chi connectivity index (χ4n) is 1.71. The van der Waals surface area contributed by atoms with Crippen molar-refractivity contribution in [1.82, 2.24) is 4.90 Å². The first-order chi connectivity index (χ1) is 4.35. The van der Waals surface area contributed by atoms with Gasteiger partial charge in [0.25, 0.3) is 0 Å². The lowest BCUT2D eigenvalue weighted by Crippen LogP contribution is -2.18. The van der Waals surface area contributed by atoms with Crippen LogP contribution in [0.15, 0.2) is 0 Å². The van der Waals surface area contributed by atoms with Gasteiger partial charge in [0.15, 0.2) is 0 Å². The first-order valence-electron chi connectivity index (χ1n) is 3.63. The molecule has 0 atom stereocenters. The fourth-order valence-corrected chi connectivity index (χ4v) is 2.30. The maximum atomic E-state index is 2.56. The van der Waals surface area contributed by atoms with E-state index in [1.54, 1.807) is 0 Å². The molecule has 52 valence electrons. The van der Waals surface area contributed by atoms with Gasteiger partial charge in [0.2, 0.25) is 0 Å². The Morgan fingerprint density at radius 3 is 2.44 bits per heavy atom. The normalized spacial score (nSPS) is 31.7. The molecule has 1 heterocycles. The SMILES string of the molecule is ICN1CCC2(CC2)C1. The van der Waals surface area contributed by atoms with E-state index in [2.05, 4.69) is 27.5 Å². The van der Waals surface area contributed by atoms with E-state index in [-0.39, 0.29) is 0 Å². The van der Waals surface area contributed by atoms with E-state index in [1.165, 1.54) is 36.9 Å². The van der Waals surface area contributed by atoms with Crippen LogP contribution in [0.5, 0.6) is 0 Å². The molecule has 2 heteroatoms. The molecular formula is C7H12IN. The van der Waals surface area contributed by atoms with Crippen LogP contribution in [-0.4, -0.2) is 22.5 Å². The zero-order valence-electron chi connectivity index (χ0n) is 5.57. The van der Waals surface area contributed by atoms with Crippen molar-refractivity contribution >= 4 is 22.6 Å². The Labute approximate surface area is 69.9 Å². The van der Waals surface area contributed by atoms with Crippen LogP contribution in [0.4, 0.5) is 0 Å². The smallest absolute Gasteiger partial charge is 0.0505 e. The minimum atomic E-state index is 0.838. The number of rotatable bonds is 1. The molecule has 1 saturated carbocycles. The molecule has 1 spiro atoms. The van der Waals surface area contributed by atoms with Gasteiger partial charge >= 0.3 is 0 Å². The molecule has 1 nitrogen and oxygen atoms in total. The van der Waals surface area contributed by atoms with Crippen molar-refractivity contribution in [2.45, 2.75) is 19.3 Å². The van der Waals surface area contributed by atoms with E-state index in [1.807, 2.05) is 0 Å². The molecule has 0 bridgehead atoms. The number of alkyl halides is 1. The zero-order valence-corrected chi connectivity index (χ0v) is 7.73. The highest BCUT2D eigenvalue weighted by Crippen LogP contribution is 2.52. The molecule has 2 rings (SSSR count). The lowest BCUT2D eigenvalue weighted by molar-refractivity contribution is 0.382. The fraction of sp³-hybridized carbons (Fsp3) is 1.00. The van der Waals surface area contributed by atoms with E-state index >= 15 is 0 Å². The Bertz CT molecular complexity index is 120. The maximum Gasteiger partial charge on any atom is 0.0505 e. The summed E-state index contributed by atoms with van der Waals surface area (Å²) >= 11 is 2.46. The molecule has 2 fully saturated rings. The molecular weight excluding hydrogens is 225 g/mol. The highest BCUT2D eigenvalue weighted by Gasteiger charge is 2.47. The summed E-state index contributed by atoms with van der Waals surface area (Å²) in [6.45, 7) is 2.76. The topological polar surface area (TPSA) is 3.24 Å². The summed E-state index contributed by atoms with van der Waals surface area (Å²) in [6.07, 6.45) is 4.51. The van der Waals surface area contributed by atoms with Crippen molar-refractivity contribution in [3.8, 4) is 0 Å². The van der Waals surface area contributed by atoms with Crippen LogP contribution >= 0.6 is 22.6 Å². The molecule has 9 heavy (non-hydrogen) atoms. The summed E-state index contributed by atoms with van der Waals surface area (Å²) in [4.78, 5) is 2.56. The molecule has 0 aromatic heterocycles. The van der Waals surface area contributed by atoms with Gasteiger partial charge in [0.05, 0.1) is 4.55 Å². The Hall–Kier alpha value is 0.690. The third kappa shape index (κ3) is 1.11. The quantitative estimate of drug-likeness (QED) is 0.382. The third-order valence-corrected chi connectivity index (χ3v) is 3.61. The van der Waals surface area contributed by atoms with Gasteiger partial charge in [-0.05, 0) is 31.2 Å². The predicted octanol–water partition coefficient (Wildman–Crippen LogP) is 1.86. The molecule has 0 radical (unpaired) electrons. The van der Waals surface area contributed by atoms with E-state index in [0.717, 1.165) is 5.41 Å². The molecule has 1 aliphatic heterocycles. The second-order valence-electron chi connectivity index (χ2n) is 3.42. The molecule has 0 unspecified atom stereocenters. The Kier molecular flexibility index (Phi) is 1.49. The van der Waals surface area contributed by atoms with Crippen LogP contribution < -0.4 is 0 Å². The van der Waals surface area contributed by atoms with E-state index in [0.29, 0.717) is 0 Å². The molecule has 0 aromatic carbocycles. The minimum absolute atomic E-state index is 0.838. The number of hydrogen-bond acceptors (Lipinski definition) is 1. The van der Waals surface area contributed by atoms with Gasteiger partial charge in [-0.3, -0.25) is 4.90 Å². The van der Waals surface area contributed by atoms with Gasteiger partial charge in [-0.1, -0.05) is 22.6 Å². The van der Waals surface area contributed by atoms with Crippen molar-refractivity contribution in [3.63, 3.8) is 0 Å². The maximum absolute atomic E-state index is 2.56. The second-order valence-corrected chi connectivity index (χ2v) is 4.10. The zero-order chi connectivity index (χ0) is 6.32. The van der Waals surface area contributed by atoms with E-state index in [4.69, 9.17) is 0 Å². The lowest BCUT2D eigenvalue weighted by Gasteiger charge is -2.09. The van der Waals surface area contributed by atoms with Crippen LogP contribution in [0.1, 0.15) is 19.3 Å². The van der Waals surface area contributed by atoms with Gasteiger partial charge in [-0.25, -0.2) is 0 Å². The van der Waals surface area contributed by atoms with Crippen LogP contribution in [-0.2, 0) is 0 Å². The first kappa shape index (κ1) is 6.40. The van der Waals surface area contributed by atoms with Crippen molar-refractivity contribution in [3.05, 3.63) is 0 Å². The summed E-state index contributed by atoms with van der Waals surface area (Å²) < 4.78 is 1.24. The van der Waals surface area contributed by atoms with Gasteiger partial charge in [-0.15, -0.1) is 0 Å².